The van der Waals surface area contributed by atoms with E-state index in [-0.39, 0.29) is 5.78 Å². The minimum Gasteiger partial charge on any atom is -0.497 e. The van der Waals surface area contributed by atoms with Crippen LogP contribution >= 0.6 is 0 Å². The Morgan fingerprint density at radius 2 is 1.58 bits per heavy atom. The number of Topliss-reactive ketones (excluding diaryl/α,β-unsaturated/α-hetero) is 1. The number of rotatable bonds is 4. The number of aromatic amines is 1. The summed E-state index contributed by atoms with van der Waals surface area (Å²) in [6, 6.07) is 24.2. The minimum atomic E-state index is 0.0480. The van der Waals surface area contributed by atoms with Gasteiger partial charge in [0.1, 0.15) is 5.75 Å². The van der Waals surface area contributed by atoms with Crippen molar-refractivity contribution in [2.75, 3.05) is 7.11 Å². The van der Waals surface area contributed by atoms with E-state index in [9.17, 15) is 4.79 Å². The number of methoxy groups -OCH3 is 1. The molecule has 0 bridgehead atoms. The van der Waals surface area contributed by atoms with Gasteiger partial charge in [0.25, 0.3) is 0 Å². The largest absolute Gasteiger partial charge is 0.497 e. The molecule has 0 amide bonds. The maximum absolute atomic E-state index is 12.2. The van der Waals surface area contributed by atoms with E-state index in [2.05, 4.69) is 29.2 Å². The molecular formula is C23H19NO2. The Labute approximate surface area is 152 Å². The van der Waals surface area contributed by atoms with Crippen LogP contribution in [0, 0.1) is 0 Å². The molecule has 4 rings (SSSR count). The van der Waals surface area contributed by atoms with Gasteiger partial charge < -0.3 is 9.72 Å². The lowest BCUT2D eigenvalue weighted by Crippen LogP contribution is -1.95. The molecule has 0 spiro atoms. The van der Waals surface area contributed by atoms with Gasteiger partial charge in [0.2, 0.25) is 0 Å². The second-order valence-electron chi connectivity index (χ2n) is 6.32. The summed E-state index contributed by atoms with van der Waals surface area (Å²) in [6.07, 6.45) is 0. The molecule has 4 aromatic rings. The van der Waals surface area contributed by atoms with Crippen LogP contribution in [0.1, 0.15) is 17.3 Å². The third-order valence-corrected chi connectivity index (χ3v) is 4.62. The van der Waals surface area contributed by atoms with E-state index in [1.807, 2.05) is 48.5 Å². The van der Waals surface area contributed by atoms with E-state index in [1.54, 1.807) is 14.0 Å². The quantitative estimate of drug-likeness (QED) is 0.483. The number of carbonyl (C=O) groups is 1. The minimum absolute atomic E-state index is 0.0480. The lowest BCUT2D eigenvalue weighted by Gasteiger charge is -2.07. The summed E-state index contributed by atoms with van der Waals surface area (Å²) >= 11 is 0. The monoisotopic (exact) mass is 341 g/mol. The lowest BCUT2D eigenvalue weighted by atomic mass is 9.98. The van der Waals surface area contributed by atoms with Crippen LogP contribution in [0.25, 0.3) is 33.3 Å². The first-order valence-corrected chi connectivity index (χ1v) is 8.53. The molecule has 0 atom stereocenters. The van der Waals surface area contributed by atoms with Gasteiger partial charge >= 0.3 is 0 Å². The van der Waals surface area contributed by atoms with Crippen LogP contribution in [0.3, 0.4) is 0 Å². The Hall–Kier alpha value is -3.33. The fraction of sp³-hybridized carbons (Fsp3) is 0.0870. The summed E-state index contributed by atoms with van der Waals surface area (Å²) in [5.74, 6) is 0.862. The summed E-state index contributed by atoms with van der Waals surface area (Å²) in [5.41, 5.74) is 5.77. The fourth-order valence-electron chi connectivity index (χ4n) is 3.25. The molecule has 3 heteroatoms. The van der Waals surface area contributed by atoms with Crippen molar-refractivity contribution in [3.05, 3.63) is 78.4 Å². The molecule has 128 valence electrons. The highest BCUT2D eigenvalue weighted by Gasteiger charge is 2.13. The highest BCUT2D eigenvalue weighted by atomic mass is 16.5. The first-order chi connectivity index (χ1) is 12.7. The molecule has 1 aromatic heterocycles. The van der Waals surface area contributed by atoms with Crippen molar-refractivity contribution in [3.63, 3.8) is 0 Å². The van der Waals surface area contributed by atoms with Crippen LogP contribution in [0.2, 0.25) is 0 Å². The predicted octanol–water partition coefficient (Wildman–Crippen LogP) is 5.71. The van der Waals surface area contributed by atoms with Crippen molar-refractivity contribution < 1.29 is 9.53 Å². The van der Waals surface area contributed by atoms with Crippen LogP contribution in [-0.2, 0) is 0 Å². The number of aromatic nitrogens is 1. The number of hydrogen-bond acceptors (Lipinski definition) is 2. The third kappa shape index (κ3) is 2.88. The zero-order chi connectivity index (χ0) is 18.1. The van der Waals surface area contributed by atoms with Gasteiger partial charge in [0.05, 0.1) is 12.6 Å². The molecule has 0 aliphatic carbocycles. The fourth-order valence-corrected chi connectivity index (χ4v) is 3.25. The van der Waals surface area contributed by atoms with E-state index in [0.29, 0.717) is 5.56 Å². The molecule has 3 aromatic carbocycles. The van der Waals surface area contributed by atoms with Gasteiger partial charge in [-0.25, -0.2) is 0 Å². The molecule has 0 radical (unpaired) electrons. The first kappa shape index (κ1) is 16.2. The first-order valence-electron chi connectivity index (χ1n) is 8.53. The average molecular weight is 341 g/mol. The summed E-state index contributed by atoms with van der Waals surface area (Å²) in [5, 5.41) is 1.03. The Kier molecular flexibility index (Phi) is 4.05. The number of ether oxygens (including phenoxy) is 1. The Morgan fingerprint density at radius 3 is 2.23 bits per heavy atom. The summed E-state index contributed by atoms with van der Waals surface area (Å²) in [6.45, 7) is 1.61. The number of hydrogen-bond donors (Lipinski definition) is 1. The van der Waals surface area contributed by atoms with Crippen LogP contribution < -0.4 is 4.74 Å². The van der Waals surface area contributed by atoms with Gasteiger partial charge in [-0.3, -0.25) is 4.79 Å². The molecule has 1 heterocycles. The van der Waals surface area contributed by atoms with Gasteiger partial charge in [-0.1, -0.05) is 42.5 Å². The number of ketones is 1. The van der Waals surface area contributed by atoms with Crippen molar-refractivity contribution in [2.45, 2.75) is 6.92 Å². The highest BCUT2D eigenvalue weighted by Crippen LogP contribution is 2.32. The Balaban J connectivity index is 1.89. The van der Waals surface area contributed by atoms with Gasteiger partial charge in [-0.15, -0.1) is 0 Å². The van der Waals surface area contributed by atoms with E-state index in [4.69, 9.17) is 4.74 Å². The van der Waals surface area contributed by atoms with E-state index in [0.717, 1.165) is 39.0 Å². The molecule has 0 aliphatic rings. The lowest BCUT2D eigenvalue weighted by molar-refractivity contribution is 0.101. The zero-order valence-electron chi connectivity index (χ0n) is 14.7. The molecule has 0 saturated heterocycles. The SMILES string of the molecule is COc1ccc(-c2cc(C(C)=O)c3[nH]c(-c4ccccc4)cc3c2)cc1. The molecule has 26 heavy (non-hydrogen) atoms. The van der Waals surface area contributed by atoms with E-state index in [1.165, 1.54) is 0 Å². The zero-order valence-corrected chi connectivity index (χ0v) is 14.7. The van der Waals surface area contributed by atoms with Gasteiger partial charge in [-0.2, -0.15) is 0 Å². The number of fused-ring (bicyclic) bond motifs is 1. The van der Waals surface area contributed by atoms with Crippen LogP contribution in [0.5, 0.6) is 5.75 Å². The average Bonchev–Trinajstić information content (AvgIpc) is 3.12. The summed E-state index contributed by atoms with van der Waals surface area (Å²) in [7, 11) is 1.65. The maximum atomic E-state index is 12.2. The second kappa shape index (κ2) is 6.52. The van der Waals surface area contributed by atoms with Gasteiger partial charge in [0, 0.05) is 16.6 Å². The van der Waals surface area contributed by atoms with Crippen molar-refractivity contribution in [1.29, 1.82) is 0 Å². The van der Waals surface area contributed by atoms with E-state index < -0.39 is 0 Å². The number of H-pyrrole nitrogens is 1. The van der Waals surface area contributed by atoms with Crippen LogP contribution in [0.4, 0.5) is 0 Å². The molecule has 0 saturated carbocycles. The summed E-state index contributed by atoms with van der Waals surface area (Å²) in [4.78, 5) is 15.7. The molecule has 0 fully saturated rings. The third-order valence-electron chi connectivity index (χ3n) is 4.62. The molecule has 3 nitrogen and oxygen atoms in total. The van der Waals surface area contributed by atoms with E-state index >= 15 is 0 Å². The van der Waals surface area contributed by atoms with Gasteiger partial charge in [-0.05, 0) is 53.9 Å². The topological polar surface area (TPSA) is 42.1 Å². The molecular weight excluding hydrogens is 322 g/mol. The molecule has 0 unspecified atom stereocenters. The molecule has 0 aliphatic heterocycles. The number of carbonyl (C=O) groups excluding carboxylic acids is 1. The van der Waals surface area contributed by atoms with Crippen molar-refractivity contribution in [1.82, 2.24) is 4.98 Å². The normalized spacial score (nSPS) is 10.8. The van der Waals surface area contributed by atoms with Crippen molar-refractivity contribution in [2.24, 2.45) is 0 Å². The predicted molar refractivity (Wildman–Crippen MR) is 106 cm³/mol. The Bertz CT molecular complexity index is 1080. The Morgan fingerprint density at radius 1 is 0.846 bits per heavy atom. The number of benzene rings is 3. The van der Waals surface area contributed by atoms with Crippen LogP contribution in [-0.4, -0.2) is 17.9 Å². The smallest absolute Gasteiger partial charge is 0.161 e. The van der Waals surface area contributed by atoms with Crippen molar-refractivity contribution in [3.8, 4) is 28.1 Å². The van der Waals surface area contributed by atoms with Crippen LogP contribution in [0.15, 0.2) is 72.8 Å². The molecule has 1 N–H and O–H groups in total. The van der Waals surface area contributed by atoms with Crippen molar-refractivity contribution >= 4 is 16.7 Å². The maximum Gasteiger partial charge on any atom is 0.161 e. The second-order valence-corrected chi connectivity index (χ2v) is 6.32. The highest BCUT2D eigenvalue weighted by molar-refractivity contribution is 6.08. The number of nitrogens with one attached hydrogen (secondary N) is 1. The standard InChI is InChI=1S/C23H19NO2/c1-15(25)21-13-18(16-8-10-20(26-2)11-9-16)12-19-14-22(24-23(19)21)17-6-4-3-5-7-17/h3-14,24H,1-2H3. The van der Waals surface area contributed by atoms with Gasteiger partial charge in [0.15, 0.2) is 5.78 Å². The summed E-state index contributed by atoms with van der Waals surface area (Å²) < 4.78 is 5.23.